The Morgan fingerprint density at radius 1 is 1.33 bits per heavy atom. The highest BCUT2D eigenvalue weighted by Crippen LogP contribution is 2.28. The molecule has 2 unspecified atom stereocenters. The predicted molar refractivity (Wildman–Crippen MR) is 101 cm³/mol. The molecule has 0 radical (unpaired) electrons. The van der Waals surface area contributed by atoms with Gasteiger partial charge in [0.25, 0.3) is 5.91 Å². The van der Waals surface area contributed by atoms with Gasteiger partial charge in [0.1, 0.15) is 10.6 Å². The molecule has 2 fully saturated rings. The lowest BCUT2D eigenvalue weighted by molar-refractivity contribution is 0.0729. The van der Waals surface area contributed by atoms with Crippen LogP contribution in [0.2, 0.25) is 0 Å². The highest BCUT2D eigenvalue weighted by atomic mass is 32.2. The minimum atomic E-state index is -3.76. The molecule has 150 valence electrons. The molecular weight excluding hydrogens is 370 g/mol. The minimum absolute atomic E-state index is 0.0122. The van der Waals surface area contributed by atoms with Crippen LogP contribution < -0.4 is 15.4 Å². The fourth-order valence-corrected chi connectivity index (χ4v) is 5.07. The third-order valence-corrected chi connectivity index (χ3v) is 6.89. The van der Waals surface area contributed by atoms with Crippen molar-refractivity contribution in [2.45, 2.75) is 36.7 Å². The van der Waals surface area contributed by atoms with E-state index in [1.54, 1.807) is 6.07 Å². The number of hydrogen-bond acceptors (Lipinski definition) is 6. The molecule has 0 aromatic heterocycles. The molecule has 27 heavy (non-hydrogen) atoms. The summed E-state index contributed by atoms with van der Waals surface area (Å²) in [5.41, 5.74) is 0.314. The van der Waals surface area contributed by atoms with Crippen LogP contribution in [0, 0.1) is 0 Å². The van der Waals surface area contributed by atoms with Crippen molar-refractivity contribution in [3.63, 3.8) is 0 Å². The van der Waals surface area contributed by atoms with Crippen LogP contribution in [0.4, 0.5) is 0 Å². The number of rotatable bonds is 5. The smallest absolute Gasteiger partial charge is 0.251 e. The lowest BCUT2D eigenvalue weighted by atomic mass is 10.0. The number of nitrogens with zero attached hydrogens (tertiary/aromatic N) is 1. The Kier molecular flexibility index (Phi) is 6.36. The van der Waals surface area contributed by atoms with E-state index >= 15 is 0 Å². The third-order valence-electron chi connectivity index (χ3n) is 4.97. The van der Waals surface area contributed by atoms with E-state index in [2.05, 4.69) is 17.6 Å². The first-order chi connectivity index (χ1) is 12.9. The fourth-order valence-electron chi connectivity index (χ4n) is 3.48. The summed E-state index contributed by atoms with van der Waals surface area (Å²) in [4.78, 5) is 12.7. The first kappa shape index (κ1) is 20.1. The Balaban J connectivity index is 1.83. The predicted octanol–water partition coefficient (Wildman–Crippen LogP) is 0.586. The normalized spacial score (nSPS) is 24.4. The summed E-state index contributed by atoms with van der Waals surface area (Å²) in [6, 6.07) is 4.96. The van der Waals surface area contributed by atoms with Crippen molar-refractivity contribution in [3.8, 4) is 5.75 Å². The van der Waals surface area contributed by atoms with Gasteiger partial charge in [0.2, 0.25) is 10.0 Å². The molecular formula is C18H27N3O5S. The highest BCUT2D eigenvalue weighted by Gasteiger charge is 2.30. The van der Waals surface area contributed by atoms with E-state index in [9.17, 15) is 13.2 Å². The van der Waals surface area contributed by atoms with Gasteiger partial charge in [-0.25, -0.2) is 8.42 Å². The largest absolute Gasteiger partial charge is 0.495 e. The maximum atomic E-state index is 13.0. The Hall–Kier alpha value is -1.68. The number of morpholine rings is 1. The van der Waals surface area contributed by atoms with Gasteiger partial charge >= 0.3 is 0 Å². The average molecular weight is 397 g/mol. The summed E-state index contributed by atoms with van der Waals surface area (Å²) in [5, 5.41) is 6.36. The fraction of sp³-hybridized carbons (Fsp3) is 0.611. The van der Waals surface area contributed by atoms with Crippen LogP contribution in [-0.2, 0) is 14.8 Å². The van der Waals surface area contributed by atoms with Crippen molar-refractivity contribution < 1.29 is 22.7 Å². The molecule has 8 nitrogen and oxygen atoms in total. The molecule has 9 heteroatoms. The summed E-state index contributed by atoms with van der Waals surface area (Å²) in [5.74, 6) is -0.0382. The van der Waals surface area contributed by atoms with Gasteiger partial charge in [-0.3, -0.25) is 4.79 Å². The number of nitrogens with one attached hydrogen (secondary N) is 2. The molecule has 0 saturated carbocycles. The Labute approximate surface area is 160 Å². The number of amides is 1. The van der Waals surface area contributed by atoms with Crippen LogP contribution in [0.3, 0.4) is 0 Å². The maximum absolute atomic E-state index is 13.0. The molecule has 1 aromatic carbocycles. The summed E-state index contributed by atoms with van der Waals surface area (Å²) < 4.78 is 37.9. The number of carbonyl (C=O) groups excluding carboxylic acids is 1. The second kappa shape index (κ2) is 8.55. The number of benzene rings is 1. The second-order valence-electron chi connectivity index (χ2n) is 6.93. The van der Waals surface area contributed by atoms with E-state index in [1.807, 2.05) is 0 Å². The summed E-state index contributed by atoms with van der Waals surface area (Å²) in [7, 11) is -2.34. The first-order valence-corrected chi connectivity index (χ1v) is 10.7. The molecule has 2 aliphatic rings. The molecule has 3 rings (SSSR count). The van der Waals surface area contributed by atoms with Crippen LogP contribution in [0.1, 0.15) is 30.1 Å². The van der Waals surface area contributed by atoms with Crippen molar-refractivity contribution in [1.82, 2.24) is 14.9 Å². The van der Waals surface area contributed by atoms with Crippen LogP contribution in [0.25, 0.3) is 0 Å². The Morgan fingerprint density at radius 2 is 2.07 bits per heavy atom. The van der Waals surface area contributed by atoms with Crippen molar-refractivity contribution in [2.75, 3.05) is 40.0 Å². The van der Waals surface area contributed by atoms with Gasteiger partial charge in [0.15, 0.2) is 0 Å². The summed E-state index contributed by atoms with van der Waals surface area (Å²) in [6.07, 6.45) is 1.70. The highest BCUT2D eigenvalue weighted by molar-refractivity contribution is 7.89. The van der Waals surface area contributed by atoms with Crippen molar-refractivity contribution in [2.24, 2.45) is 0 Å². The summed E-state index contributed by atoms with van der Waals surface area (Å²) in [6.45, 7) is 4.22. The number of methoxy groups -OCH3 is 1. The Morgan fingerprint density at radius 3 is 2.74 bits per heavy atom. The SMILES string of the molecule is COc1ccc(C(=O)NC2CCNC(C)C2)cc1S(=O)(=O)N1CCOCC1. The standard InChI is InChI=1S/C18H27N3O5S/c1-13-11-15(5-6-19-13)20-18(22)14-3-4-16(25-2)17(12-14)27(23,24)21-7-9-26-10-8-21/h3-4,12-13,15,19H,5-11H2,1-2H3,(H,20,22). The maximum Gasteiger partial charge on any atom is 0.251 e. The minimum Gasteiger partial charge on any atom is -0.495 e. The van der Waals surface area contributed by atoms with Gasteiger partial charge in [-0.1, -0.05) is 0 Å². The first-order valence-electron chi connectivity index (χ1n) is 9.22. The van der Waals surface area contributed by atoms with E-state index in [4.69, 9.17) is 9.47 Å². The van der Waals surface area contributed by atoms with Crippen molar-refractivity contribution in [3.05, 3.63) is 23.8 Å². The van der Waals surface area contributed by atoms with Crippen LogP contribution in [0.15, 0.2) is 23.1 Å². The molecule has 0 bridgehead atoms. The van der Waals surface area contributed by atoms with E-state index in [0.29, 0.717) is 24.8 Å². The second-order valence-corrected chi connectivity index (χ2v) is 8.84. The zero-order valence-corrected chi connectivity index (χ0v) is 16.5. The quantitative estimate of drug-likeness (QED) is 0.755. The zero-order valence-electron chi connectivity index (χ0n) is 15.7. The van der Waals surface area contributed by atoms with Crippen molar-refractivity contribution >= 4 is 15.9 Å². The van der Waals surface area contributed by atoms with Gasteiger partial charge in [-0.15, -0.1) is 0 Å². The van der Waals surface area contributed by atoms with Gasteiger partial charge in [-0.05, 0) is 44.5 Å². The van der Waals surface area contributed by atoms with E-state index in [0.717, 1.165) is 19.4 Å². The molecule has 2 heterocycles. The van der Waals surface area contributed by atoms with Gasteiger partial charge in [-0.2, -0.15) is 4.31 Å². The lowest BCUT2D eigenvalue weighted by Crippen LogP contribution is -2.46. The monoisotopic (exact) mass is 397 g/mol. The van der Waals surface area contributed by atoms with Gasteiger partial charge in [0, 0.05) is 30.7 Å². The van der Waals surface area contributed by atoms with Crippen LogP contribution in [-0.4, -0.2) is 70.7 Å². The molecule has 2 N–H and O–H groups in total. The molecule has 0 spiro atoms. The van der Waals surface area contributed by atoms with E-state index < -0.39 is 10.0 Å². The van der Waals surface area contributed by atoms with Gasteiger partial charge < -0.3 is 20.1 Å². The topological polar surface area (TPSA) is 97.0 Å². The van der Waals surface area contributed by atoms with Gasteiger partial charge in [0.05, 0.1) is 20.3 Å². The van der Waals surface area contributed by atoms with E-state index in [1.165, 1.54) is 23.5 Å². The number of ether oxygens (including phenoxy) is 2. The third kappa shape index (κ3) is 4.60. The number of carbonyl (C=O) groups is 1. The number of piperidine rings is 1. The lowest BCUT2D eigenvalue weighted by Gasteiger charge is -2.29. The number of hydrogen-bond donors (Lipinski definition) is 2. The zero-order chi connectivity index (χ0) is 19.4. The molecule has 2 atom stereocenters. The van der Waals surface area contributed by atoms with E-state index in [-0.39, 0.29) is 35.7 Å². The molecule has 2 aliphatic heterocycles. The molecule has 1 amide bonds. The van der Waals surface area contributed by atoms with Crippen LogP contribution in [0.5, 0.6) is 5.75 Å². The molecule has 2 saturated heterocycles. The molecule has 1 aromatic rings. The van der Waals surface area contributed by atoms with Crippen molar-refractivity contribution in [1.29, 1.82) is 0 Å². The Bertz CT molecular complexity index is 777. The number of sulfonamides is 1. The van der Waals surface area contributed by atoms with Crippen LogP contribution >= 0.6 is 0 Å². The summed E-state index contributed by atoms with van der Waals surface area (Å²) >= 11 is 0. The average Bonchev–Trinajstić information content (AvgIpc) is 2.68. The molecule has 0 aliphatic carbocycles.